The number of alkyl halides is 1. The van der Waals surface area contributed by atoms with Gasteiger partial charge in [-0.15, -0.1) is 0 Å². The molecule has 1 amide bonds. The lowest BCUT2D eigenvalue weighted by Gasteiger charge is -2.16. The van der Waals surface area contributed by atoms with Crippen LogP contribution in [0.1, 0.15) is 19.4 Å². The van der Waals surface area contributed by atoms with Crippen LogP contribution in [0.5, 0.6) is 0 Å². The topological polar surface area (TPSA) is 52.9 Å². The number of hydrogen-bond donors (Lipinski definition) is 1. The highest BCUT2D eigenvalue weighted by atomic mass is 79.9. The molecule has 0 aliphatic rings. The van der Waals surface area contributed by atoms with Gasteiger partial charge in [0.2, 0.25) is 5.91 Å². The van der Waals surface area contributed by atoms with Crippen LogP contribution in [0.2, 0.25) is 0 Å². The van der Waals surface area contributed by atoms with E-state index in [1.807, 2.05) is 6.07 Å². The van der Waals surface area contributed by atoms with Crippen LogP contribution in [0.15, 0.2) is 18.2 Å². The van der Waals surface area contributed by atoms with E-state index in [-0.39, 0.29) is 17.2 Å². The largest absolute Gasteiger partial charge is 0.322 e. The van der Waals surface area contributed by atoms with Gasteiger partial charge in [0.05, 0.1) is 21.6 Å². The molecule has 0 aliphatic carbocycles. The molecule has 0 aliphatic heterocycles. The van der Waals surface area contributed by atoms with Crippen molar-refractivity contribution in [2.75, 3.05) is 5.32 Å². The first kappa shape index (κ1) is 12.7. The van der Waals surface area contributed by atoms with Gasteiger partial charge >= 0.3 is 0 Å². The standard InChI is InChI=1S/C11H10BrFN2O/c1-11(2,12)10(16)15-9-4-3-7(6-14)5-8(9)13/h3-5H,1-2H3,(H,15,16). The molecule has 0 heterocycles. The van der Waals surface area contributed by atoms with E-state index in [0.717, 1.165) is 6.07 Å². The number of benzene rings is 1. The summed E-state index contributed by atoms with van der Waals surface area (Å²) in [5.74, 6) is -0.972. The van der Waals surface area contributed by atoms with Gasteiger partial charge in [0.1, 0.15) is 5.82 Å². The zero-order valence-electron chi connectivity index (χ0n) is 8.84. The Balaban J connectivity index is 2.92. The number of carbonyl (C=O) groups is 1. The number of halogens is 2. The van der Waals surface area contributed by atoms with Gasteiger partial charge in [-0.25, -0.2) is 4.39 Å². The van der Waals surface area contributed by atoms with Crippen molar-refractivity contribution >= 4 is 27.5 Å². The molecule has 1 rings (SSSR count). The molecule has 3 nitrogen and oxygen atoms in total. The summed E-state index contributed by atoms with van der Waals surface area (Å²) in [6.45, 7) is 3.31. The third kappa shape index (κ3) is 3.04. The van der Waals surface area contributed by atoms with Crippen LogP contribution in [0, 0.1) is 17.1 Å². The molecular formula is C11H10BrFN2O. The third-order valence-electron chi connectivity index (χ3n) is 1.89. The van der Waals surface area contributed by atoms with Gasteiger partial charge in [0.25, 0.3) is 0 Å². The maximum atomic E-state index is 13.4. The van der Waals surface area contributed by atoms with Gasteiger partial charge in [-0.1, -0.05) is 15.9 Å². The Morgan fingerprint density at radius 1 is 1.56 bits per heavy atom. The van der Waals surface area contributed by atoms with Crippen LogP contribution >= 0.6 is 15.9 Å². The average molecular weight is 285 g/mol. The Morgan fingerprint density at radius 3 is 2.62 bits per heavy atom. The third-order valence-corrected chi connectivity index (χ3v) is 2.25. The van der Waals surface area contributed by atoms with Crippen molar-refractivity contribution in [3.05, 3.63) is 29.6 Å². The fourth-order valence-electron chi connectivity index (χ4n) is 0.957. The summed E-state index contributed by atoms with van der Waals surface area (Å²) in [5, 5.41) is 11.0. The first-order valence-electron chi connectivity index (χ1n) is 4.54. The molecule has 0 radical (unpaired) electrons. The zero-order chi connectivity index (χ0) is 12.3. The normalized spacial score (nSPS) is 10.7. The number of hydrogen-bond acceptors (Lipinski definition) is 2. The second kappa shape index (κ2) is 4.62. The van der Waals surface area contributed by atoms with E-state index in [4.69, 9.17) is 5.26 Å². The molecule has 1 aromatic carbocycles. The van der Waals surface area contributed by atoms with Gasteiger partial charge in [0, 0.05) is 0 Å². The fourth-order valence-corrected chi connectivity index (χ4v) is 1.06. The smallest absolute Gasteiger partial charge is 0.240 e. The maximum Gasteiger partial charge on any atom is 0.240 e. The van der Waals surface area contributed by atoms with E-state index in [1.165, 1.54) is 12.1 Å². The highest BCUT2D eigenvalue weighted by Crippen LogP contribution is 2.21. The number of rotatable bonds is 2. The summed E-state index contributed by atoms with van der Waals surface area (Å²) in [5.41, 5.74) is 0.283. The number of carbonyl (C=O) groups excluding carboxylic acids is 1. The van der Waals surface area contributed by atoms with Crippen molar-refractivity contribution < 1.29 is 9.18 Å². The molecular weight excluding hydrogens is 275 g/mol. The minimum absolute atomic E-state index is 0.0662. The summed E-state index contributed by atoms with van der Waals surface area (Å²) in [6.07, 6.45) is 0. The van der Waals surface area contributed by atoms with Crippen LogP contribution in [-0.2, 0) is 4.79 Å². The molecule has 0 atom stereocenters. The summed E-state index contributed by atoms with van der Waals surface area (Å²) >= 11 is 3.17. The van der Waals surface area contributed by atoms with Crippen molar-refractivity contribution in [3.8, 4) is 6.07 Å². The van der Waals surface area contributed by atoms with Crippen LogP contribution in [0.4, 0.5) is 10.1 Å². The van der Waals surface area contributed by atoms with E-state index < -0.39 is 10.1 Å². The predicted octanol–water partition coefficient (Wildman–Crippen LogP) is 2.81. The van der Waals surface area contributed by atoms with Crippen molar-refractivity contribution in [1.29, 1.82) is 5.26 Å². The van der Waals surface area contributed by atoms with Crippen LogP contribution in [-0.4, -0.2) is 10.2 Å². The molecule has 0 saturated heterocycles. The molecule has 0 unspecified atom stereocenters. The summed E-state index contributed by atoms with van der Waals surface area (Å²) in [7, 11) is 0. The molecule has 0 aromatic heterocycles. The van der Waals surface area contributed by atoms with Crippen LogP contribution < -0.4 is 5.32 Å². The average Bonchev–Trinajstić information content (AvgIpc) is 2.19. The molecule has 0 saturated carbocycles. The lowest BCUT2D eigenvalue weighted by Crippen LogP contribution is -2.31. The monoisotopic (exact) mass is 284 g/mol. The van der Waals surface area contributed by atoms with E-state index in [9.17, 15) is 9.18 Å². The molecule has 0 spiro atoms. The second-order valence-electron chi connectivity index (χ2n) is 3.73. The molecule has 16 heavy (non-hydrogen) atoms. The van der Waals surface area contributed by atoms with Gasteiger partial charge in [-0.05, 0) is 32.0 Å². The van der Waals surface area contributed by atoms with E-state index in [2.05, 4.69) is 21.2 Å². The Labute approximate surface area is 101 Å². The summed E-state index contributed by atoms with van der Waals surface area (Å²) < 4.78 is 12.6. The minimum atomic E-state index is -0.770. The molecule has 5 heteroatoms. The Hall–Kier alpha value is -1.41. The van der Waals surface area contributed by atoms with Crippen molar-refractivity contribution in [2.24, 2.45) is 0 Å². The maximum absolute atomic E-state index is 13.4. The van der Waals surface area contributed by atoms with Crippen molar-refractivity contribution in [3.63, 3.8) is 0 Å². The Bertz CT molecular complexity index is 460. The molecule has 1 N–H and O–H groups in total. The van der Waals surface area contributed by atoms with Gasteiger partial charge in [0.15, 0.2) is 0 Å². The quantitative estimate of drug-likeness (QED) is 0.849. The summed E-state index contributed by atoms with van der Waals surface area (Å²) in [4.78, 5) is 11.6. The Kier molecular flexibility index (Phi) is 3.66. The number of nitrogens with one attached hydrogen (secondary N) is 1. The number of nitrogens with zero attached hydrogens (tertiary/aromatic N) is 1. The molecule has 0 bridgehead atoms. The number of amides is 1. The van der Waals surface area contributed by atoms with E-state index in [1.54, 1.807) is 13.8 Å². The van der Waals surface area contributed by atoms with Crippen LogP contribution in [0.3, 0.4) is 0 Å². The van der Waals surface area contributed by atoms with Crippen molar-refractivity contribution in [2.45, 2.75) is 18.2 Å². The predicted molar refractivity (Wildman–Crippen MR) is 62.8 cm³/mol. The van der Waals surface area contributed by atoms with Gasteiger partial charge < -0.3 is 5.32 Å². The minimum Gasteiger partial charge on any atom is -0.322 e. The molecule has 0 fully saturated rings. The second-order valence-corrected chi connectivity index (χ2v) is 5.72. The Morgan fingerprint density at radius 2 is 2.19 bits per heavy atom. The summed E-state index contributed by atoms with van der Waals surface area (Å²) in [6, 6.07) is 5.71. The number of nitriles is 1. The van der Waals surface area contributed by atoms with E-state index >= 15 is 0 Å². The highest BCUT2D eigenvalue weighted by molar-refractivity contribution is 9.10. The molecule has 84 valence electrons. The highest BCUT2D eigenvalue weighted by Gasteiger charge is 2.24. The van der Waals surface area contributed by atoms with Gasteiger partial charge in [-0.3, -0.25) is 4.79 Å². The lowest BCUT2D eigenvalue weighted by molar-refractivity contribution is -0.117. The number of anilines is 1. The fraction of sp³-hybridized carbons (Fsp3) is 0.273. The van der Waals surface area contributed by atoms with Crippen molar-refractivity contribution in [1.82, 2.24) is 0 Å². The van der Waals surface area contributed by atoms with Crippen LogP contribution in [0.25, 0.3) is 0 Å². The SMILES string of the molecule is CC(C)(Br)C(=O)Nc1ccc(C#N)cc1F. The first-order valence-corrected chi connectivity index (χ1v) is 5.34. The first-order chi connectivity index (χ1) is 7.34. The van der Waals surface area contributed by atoms with E-state index in [0.29, 0.717) is 0 Å². The lowest BCUT2D eigenvalue weighted by atomic mass is 10.1. The molecule has 1 aromatic rings. The zero-order valence-corrected chi connectivity index (χ0v) is 10.4. The van der Waals surface area contributed by atoms with Gasteiger partial charge in [-0.2, -0.15) is 5.26 Å².